The molecule has 0 atom stereocenters. The minimum absolute atomic E-state index is 0.00793. The van der Waals surface area contributed by atoms with Crippen LogP contribution in [0.4, 0.5) is 11.4 Å². The summed E-state index contributed by atoms with van der Waals surface area (Å²) >= 11 is 0. The average molecular weight is 435 g/mol. The quantitative estimate of drug-likeness (QED) is 0.316. The Morgan fingerprint density at radius 3 is 2.78 bits per heavy atom. The van der Waals surface area contributed by atoms with Gasteiger partial charge in [0.2, 0.25) is 0 Å². The molecule has 1 amide bonds. The molecule has 0 radical (unpaired) electrons. The zero-order valence-electron chi connectivity index (χ0n) is 17.2. The first-order valence-electron chi connectivity index (χ1n) is 10.2. The van der Waals surface area contributed by atoms with Crippen LogP contribution in [0.25, 0.3) is 11.3 Å². The second-order valence-electron chi connectivity index (χ2n) is 7.36. The molecule has 9 nitrogen and oxygen atoms in total. The molecule has 4 rings (SSSR count). The summed E-state index contributed by atoms with van der Waals surface area (Å²) in [7, 11) is 0. The van der Waals surface area contributed by atoms with Gasteiger partial charge in [-0.15, -0.1) is 0 Å². The Morgan fingerprint density at radius 2 is 2.00 bits per heavy atom. The van der Waals surface area contributed by atoms with Crippen LogP contribution >= 0.6 is 0 Å². The van der Waals surface area contributed by atoms with Gasteiger partial charge in [-0.3, -0.25) is 19.7 Å². The van der Waals surface area contributed by atoms with Crippen LogP contribution < -0.4 is 4.90 Å². The number of non-ortho nitro benzene ring substituents is 1. The SMILES string of the molecule is O=C(CCc1ncc(-c2ccccc2)o1)OCC(=O)N1CCCc2cc([N+](=O)[O-])ccc21. The van der Waals surface area contributed by atoms with E-state index >= 15 is 0 Å². The van der Waals surface area contributed by atoms with Gasteiger partial charge in [0, 0.05) is 36.3 Å². The second-order valence-corrected chi connectivity index (χ2v) is 7.36. The molecule has 0 aliphatic carbocycles. The molecular weight excluding hydrogens is 414 g/mol. The number of nitro benzene ring substituents is 1. The summed E-state index contributed by atoms with van der Waals surface area (Å²) in [5.41, 5.74) is 2.25. The van der Waals surface area contributed by atoms with Crippen LogP contribution in [0.3, 0.4) is 0 Å². The number of oxazole rings is 1. The van der Waals surface area contributed by atoms with Crippen molar-refractivity contribution in [2.75, 3.05) is 18.1 Å². The molecule has 1 aliphatic rings. The predicted molar refractivity (Wildman–Crippen MR) is 115 cm³/mol. The number of anilines is 1. The van der Waals surface area contributed by atoms with E-state index in [-0.39, 0.29) is 24.4 Å². The van der Waals surface area contributed by atoms with E-state index in [1.807, 2.05) is 30.3 Å². The predicted octanol–water partition coefficient (Wildman–Crippen LogP) is 3.71. The maximum absolute atomic E-state index is 12.6. The molecule has 164 valence electrons. The molecule has 9 heteroatoms. The van der Waals surface area contributed by atoms with E-state index in [2.05, 4.69) is 4.98 Å². The van der Waals surface area contributed by atoms with E-state index in [1.165, 1.54) is 17.0 Å². The monoisotopic (exact) mass is 435 g/mol. The van der Waals surface area contributed by atoms with Crippen LogP contribution in [0.2, 0.25) is 0 Å². The maximum atomic E-state index is 12.6. The molecule has 0 spiro atoms. The van der Waals surface area contributed by atoms with Gasteiger partial charge >= 0.3 is 5.97 Å². The van der Waals surface area contributed by atoms with Crippen molar-refractivity contribution in [2.24, 2.45) is 0 Å². The van der Waals surface area contributed by atoms with Crippen LogP contribution in [0.15, 0.2) is 59.1 Å². The molecule has 0 fully saturated rings. The summed E-state index contributed by atoms with van der Waals surface area (Å²) in [6.45, 7) is 0.0792. The lowest BCUT2D eigenvalue weighted by molar-refractivity contribution is -0.384. The van der Waals surface area contributed by atoms with Gasteiger partial charge in [-0.05, 0) is 24.5 Å². The van der Waals surface area contributed by atoms with Crippen molar-refractivity contribution in [3.63, 3.8) is 0 Å². The fraction of sp³-hybridized carbons (Fsp3) is 0.261. The number of hydrogen-bond donors (Lipinski definition) is 0. The number of carbonyl (C=O) groups excluding carboxylic acids is 2. The average Bonchev–Trinajstić information content (AvgIpc) is 3.30. The van der Waals surface area contributed by atoms with Crippen LogP contribution in [-0.2, 0) is 27.2 Å². The summed E-state index contributed by atoms with van der Waals surface area (Å²) in [4.78, 5) is 40.9. The highest BCUT2D eigenvalue weighted by Crippen LogP contribution is 2.30. The lowest BCUT2D eigenvalue weighted by Crippen LogP contribution is -2.38. The molecule has 1 aliphatic heterocycles. The van der Waals surface area contributed by atoms with E-state index < -0.39 is 17.5 Å². The van der Waals surface area contributed by atoms with Crippen molar-refractivity contribution in [3.05, 3.63) is 76.3 Å². The van der Waals surface area contributed by atoms with E-state index in [9.17, 15) is 19.7 Å². The van der Waals surface area contributed by atoms with Gasteiger partial charge in [-0.1, -0.05) is 30.3 Å². The number of rotatable bonds is 7. The number of aryl methyl sites for hydroxylation is 2. The number of nitro groups is 1. The minimum Gasteiger partial charge on any atom is -0.456 e. The Balaban J connectivity index is 1.29. The number of carbonyl (C=O) groups is 2. The first kappa shape index (κ1) is 21.2. The zero-order valence-corrected chi connectivity index (χ0v) is 17.2. The summed E-state index contributed by atoms with van der Waals surface area (Å²) in [6.07, 6.45) is 3.24. The van der Waals surface area contributed by atoms with Crippen molar-refractivity contribution in [2.45, 2.75) is 25.7 Å². The van der Waals surface area contributed by atoms with Gasteiger partial charge in [-0.2, -0.15) is 0 Å². The van der Waals surface area contributed by atoms with Gasteiger partial charge in [-0.25, -0.2) is 4.98 Å². The third-order valence-electron chi connectivity index (χ3n) is 5.21. The summed E-state index contributed by atoms with van der Waals surface area (Å²) in [5, 5.41) is 11.0. The first-order valence-corrected chi connectivity index (χ1v) is 10.2. The molecule has 3 aromatic rings. The van der Waals surface area contributed by atoms with E-state index in [1.54, 1.807) is 12.3 Å². The highest BCUT2D eigenvalue weighted by molar-refractivity contribution is 5.96. The fourth-order valence-electron chi connectivity index (χ4n) is 3.62. The van der Waals surface area contributed by atoms with Crippen molar-refractivity contribution < 1.29 is 23.7 Å². The maximum Gasteiger partial charge on any atom is 0.306 e. The van der Waals surface area contributed by atoms with E-state index in [0.717, 1.165) is 11.1 Å². The third kappa shape index (κ3) is 4.83. The van der Waals surface area contributed by atoms with Gasteiger partial charge in [0.05, 0.1) is 17.5 Å². The standard InChI is InChI=1S/C23H21N3O6/c27-22(25-12-4-7-17-13-18(26(29)30)8-9-19(17)25)15-31-23(28)11-10-21-24-14-20(32-21)16-5-2-1-3-6-16/h1-3,5-6,8-9,13-14H,4,7,10-12,15H2. The Kier molecular flexibility index (Phi) is 6.25. The van der Waals surface area contributed by atoms with Crippen molar-refractivity contribution in [1.82, 2.24) is 4.98 Å². The van der Waals surface area contributed by atoms with Gasteiger partial charge in [0.1, 0.15) is 0 Å². The molecule has 0 saturated heterocycles. The topological polar surface area (TPSA) is 116 Å². The molecule has 0 unspecified atom stereocenters. The van der Waals surface area contributed by atoms with Gasteiger partial charge in [0.25, 0.3) is 11.6 Å². The third-order valence-corrected chi connectivity index (χ3v) is 5.21. The first-order chi connectivity index (χ1) is 15.5. The number of ether oxygens (including phenoxy) is 1. The number of nitrogens with zero attached hydrogens (tertiary/aromatic N) is 3. The number of hydrogen-bond acceptors (Lipinski definition) is 7. The van der Waals surface area contributed by atoms with E-state index in [0.29, 0.717) is 36.7 Å². The van der Waals surface area contributed by atoms with Crippen LogP contribution in [0.5, 0.6) is 0 Å². The molecule has 32 heavy (non-hydrogen) atoms. The summed E-state index contributed by atoms with van der Waals surface area (Å²) < 4.78 is 10.8. The molecule has 0 bridgehead atoms. The lowest BCUT2D eigenvalue weighted by Gasteiger charge is -2.29. The largest absolute Gasteiger partial charge is 0.456 e. The number of fused-ring (bicyclic) bond motifs is 1. The summed E-state index contributed by atoms with van der Waals surface area (Å²) in [6, 6.07) is 13.9. The highest BCUT2D eigenvalue weighted by atomic mass is 16.6. The molecule has 2 heterocycles. The fourth-order valence-corrected chi connectivity index (χ4v) is 3.62. The minimum atomic E-state index is -0.529. The van der Waals surface area contributed by atoms with Gasteiger partial charge < -0.3 is 14.1 Å². The Morgan fingerprint density at radius 1 is 1.19 bits per heavy atom. The normalized spacial score (nSPS) is 12.8. The molecule has 0 saturated carbocycles. The van der Waals surface area contributed by atoms with Crippen molar-refractivity contribution in [1.29, 1.82) is 0 Å². The lowest BCUT2D eigenvalue weighted by atomic mass is 10.0. The molecule has 2 aromatic carbocycles. The van der Waals surface area contributed by atoms with Crippen LogP contribution in [0.1, 0.15) is 24.3 Å². The number of benzene rings is 2. The Labute approximate surface area is 183 Å². The second kappa shape index (κ2) is 9.42. The molecular formula is C23H21N3O6. The molecule has 0 N–H and O–H groups in total. The van der Waals surface area contributed by atoms with Crippen molar-refractivity contribution >= 4 is 23.3 Å². The number of amides is 1. The zero-order chi connectivity index (χ0) is 22.5. The Bertz CT molecular complexity index is 1140. The van der Waals surface area contributed by atoms with Gasteiger partial charge in [0.15, 0.2) is 18.3 Å². The smallest absolute Gasteiger partial charge is 0.306 e. The Hall–Kier alpha value is -4.01. The number of aromatic nitrogens is 1. The van der Waals surface area contributed by atoms with Crippen molar-refractivity contribution in [3.8, 4) is 11.3 Å². The van der Waals surface area contributed by atoms with Crippen LogP contribution in [0, 0.1) is 10.1 Å². The molecule has 1 aromatic heterocycles. The van der Waals surface area contributed by atoms with E-state index in [4.69, 9.17) is 9.15 Å². The van der Waals surface area contributed by atoms with Crippen LogP contribution in [-0.4, -0.2) is 34.9 Å². The number of esters is 1. The summed E-state index contributed by atoms with van der Waals surface area (Å²) in [5.74, 6) is 0.140. The highest BCUT2D eigenvalue weighted by Gasteiger charge is 2.25.